The molecule has 2 aliphatic heterocycles. The summed E-state index contributed by atoms with van der Waals surface area (Å²) in [6, 6.07) is 3.59. The van der Waals surface area contributed by atoms with Crippen LogP contribution in [0.5, 0.6) is 5.88 Å². The van der Waals surface area contributed by atoms with Crippen LogP contribution in [-0.2, 0) is 14.3 Å². The minimum absolute atomic E-state index is 0.177. The lowest BCUT2D eigenvalue weighted by molar-refractivity contribution is -0.143. The average Bonchev–Trinajstić information content (AvgIpc) is 2.81. The lowest BCUT2D eigenvalue weighted by atomic mass is 9.93. The van der Waals surface area contributed by atoms with Gasteiger partial charge in [0, 0.05) is 45.3 Å². The number of ether oxygens (including phenoxy) is 3. The normalized spacial score (nSPS) is 18.2. The highest BCUT2D eigenvalue weighted by molar-refractivity contribution is 5.70. The molecular weight excluding hydrogens is 426 g/mol. The third-order valence-electron chi connectivity index (χ3n) is 6.01. The van der Waals surface area contributed by atoms with Crippen molar-refractivity contribution in [1.82, 2.24) is 20.0 Å². The topological polar surface area (TPSA) is 97.3 Å². The molecule has 0 aromatic carbocycles. The van der Waals surface area contributed by atoms with E-state index in [1.54, 1.807) is 6.07 Å². The van der Waals surface area contributed by atoms with E-state index in [1.807, 2.05) is 31.7 Å². The molecule has 184 valence electrons. The summed E-state index contributed by atoms with van der Waals surface area (Å²) in [6.45, 7) is 11.9. The quantitative estimate of drug-likeness (QED) is 0.564. The number of carbonyl (C=O) groups is 2. The predicted octanol–water partition coefficient (Wildman–Crippen LogP) is 2.19. The van der Waals surface area contributed by atoms with Gasteiger partial charge in [0.2, 0.25) is 5.88 Å². The zero-order chi connectivity index (χ0) is 23.8. The maximum atomic E-state index is 12.2. The second-order valence-corrected chi connectivity index (χ2v) is 9.62. The summed E-state index contributed by atoms with van der Waals surface area (Å²) >= 11 is 0. The molecule has 10 nitrogen and oxygen atoms in total. The number of likely N-dealkylation sites (tertiary alicyclic amines) is 1. The van der Waals surface area contributed by atoms with Crippen LogP contribution < -0.4 is 9.64 Å². The van der Waals surface area contributed by atoms with Crippen molar-refractivity contribution in [2.45, 2.75) is 45.6 Å². The minimum atomic E-state index is -0.453. The molecular formula is C23H37N5O5. The van der Waals surface area contributed by atoms with Crippen LogP contribution in [-0.4, -0.2) is 97.2 Å². The van der Waals surface area contributed by atoms with Crippen molar-refractivity contribution in [3.05, 3.63) is 12.1 Å². The van der Waals surface area contributed by atoms with Crippen LogP contribution in [0.3, 0.4) is 0 Å². The van der Waals surface area contributed by atoms with Gasteiger partial charge in [-0.25, -0.2) is 9.59 Å². The summed E-state index contributed by atoms with van der Waals surface area (Å²) in [6.07, 6.45) is 3.05. The molecule has 2 saturated heterocycles. The van der Waals surface area contributed by atoms with E-state index in [4.69, 9.17) is 9.47 Å². The Morgan fingerprint density at radius 3 is 2.30 bits per heavy atom. The van der Waals surface area contributed by atoms with Crippen molar-refractivity contribution in [2.75, 3.05) is 64.4 Å². The van der Waals surface area contributed by atoms with E-state index in [0.717, 1.165) is 70.9 Å². The Labute approximate surface area is 196 Å². The van der Waals surface area contributed by atoms with Crippen LogP contribution in [0.1, 0.15) is 40.0 Å². The largest absolute Gasteiger partial charge is 0.466 e. The van der Waals surface area contributed by atoms with Crippen molar-refractivity contribution in [3.8, 4) is 5.88 Å². The number of piperidine rings is 1. The molecule has 0 unspecified atom stereocenters. The second kappa shape index (κ2) is 11.5. The molecule has 2 fully saturated rings. The first-order valence-electron chi connectivity index (χ1n) is 11.7. The lowest BCUT2D eigenvalue weighted by Crippen LogP contribution is -2.47. The molecule has 0 saturated carbocycles. The third kappa shape index (κ3) is 8.03. The Hall–Kier alpha value is -2.62. The Morgan fingerprint density at radius 1 is 1.03 bits per heavy atom. The first kappa shape index (κ1) is 25.0. The molecule has 3 rings (SSSR count). The molecule has 1 aromatic rings. The SMILES string of the molecule is COC(=O)COc1ccc(N2CCN(CCC3CCN(C(=O)OC(C)(C)C)CC3)CC2)nn1. The van der Waals surface area contributed by atoms with Gasteiger partial charge in [-0.1, -0.05) is 0 Å². The van der Waals surface area contributed by atoms with Gasteiger partial charge >= 0.3 is 12.1 Å². The van der Waals surface area contributed by atoms with Gasteiger partial charge in [0.05, 0.1) is 7.11 Å². The summed E-state index contributed by atoms with van der Waals surface area (Å²) in [5.74, 6) is 1.32. The molecule has 0 bridgehead atoms. The smallest absolute Gasteiger partial charge is 0.410 e. The van der Waals surface area contributed by atoms with Crippen molar-refractivity contribution in [3.63, 3.8) is 0 Å². The van der Waals surface area contributed by atoms with Gasteiger partial charge in [0.1, 0.15) is 5.60 Å². The Kier molecular flexibility index (Phi) is 8.71. The summed E-state index contributed by atoms with van der Waals surface area (Å²) in [7, 11) is 1.31. The van der Waals surface area contributed by atoms with Crippen molar-refractivity contribution in [2.24, 2.45) is 5.92 Å². The summed E-state index contributed by atoms with van der Waals surface area (Å²) in [4.78, 5) is 29.9. The number of amides is 1. The predicted molar refractivity (Wildman–Crippen MR) is 123 cm³/mol. The Balaban J connectivity index is 1.33. The number of piperazine rings is 1. The van der Waals surface area contributed by atoms with E-state index in [2.05, 4.69) is 24.7 Å². The van der Waals surface area contributed by atoms with Crippen LogP contribution in [0, 0.1) is 5.92 Å². The maximum absolute atomic E-state index is 12.2. The molecule has 0 aliphatic carbocycles. The number of carbonyl (C=O) groups excluding carboxylic acids is 2. The third-order valence-corrected chi connectivity index (χ3v) is 6.01. The van der Waals surface area contributed by atoms with Crippen LogP contribution in [0.4, 0.5) is 10.6 Å². The fourth-order valence-electron chi connectivity index (χ4n) is 4.05. The number of aromatic nitrogens is 2. The number of nitrogens with zero attached hydrogens (tertiary/aromatic N) is 5. The van der Waals surface area contributed by atoms with Gasteiger partial charge in [-0.05, 0) is 58.6 Å². The molecule has 33 heavy (non-hydrogen) atoms. The summed E-state index contributed by atoms with van der Waals surface area (Å²) in [5.41, 5.74) is -0.442. The summed E-state index contributed by atoms with van der Waals surface area (Å²) in [5, 5.41) is 8.27. The van der Waals surface area contributed by atoms with E-state index in [9.17, 15) is 9.59 Å². The average molecular weight is 464 g/mol. The number of hydrogen-bond acceptors (Lipinski definition) is 9. The van der Waals surface area contributed by atoms with Crippen LogP contribution >= 0.6 is 0 Å². The summed E-state index contributed by atoms with van der Waals surface area (Å²) < 4.78 is 15.3. The Morgan fingerprint density at radius 2 is 1.73 bits per heavy atom. The molecule has 0 radical (unpaired) electrons. The highest BCUT2D eigenvalue weighted by atomic mass is 16.6. The van der Waals surface area contributed by atoms with Gasteiger partial charge in [0.15, 0.2) is 12.4 Å². The minimum Gasteiger partial charge on any atom is -0.466 e. The number of methoxy groups -OCH3 is 1. The van der Waals surface area contributed by atoms with Crippen molar-refractivity contribution < 1.29 is 23.8 Å². The molecule has 0 spiro atoms. The zero-order valence-electron chi connectivity index (χ0n) is 20.3. The highest BCUT2D eigenvalue weighted by Crippen LogP contribution is 2.23. The molecule has 3 heterocycles. The number of anilines is 1. The maximum Gasteiger partial charge on any atom is 0.410 e. The number of esters is 1. The molecule has 0 atom stereocenters. The molecule has 10 heteroatoms. The molecule has 1 amide bonds. The molecule has 1 aromatic heterocycles. The van der Waals surface area contributed by atoms with Crippen LogP contribution in [0.25, 0.3) is 0 Å². The first-order chi connectivity index (χ1) is 15.7. The van der Waals surface area contributed by atoms with E-state index in [-0.39, 0.29) is 12.7 Å². The van der Waals surface area contributed by atoms with Gasteiger partial charge in [-0.15, -0.1) is 10.2 Å². The van der Waals surface area contributed by atoms with Gasteiger partial charge in [-0.2, -0.15) is 0 Å². The van der Waals surface area contributed by atoms with E-state index in [1.165, 1.54) is 7.11 Å². The van der Waals surface area contributed by atoms with Crippen molar-refractivity contribution >= 4 is 17.9 Å². The lowest BCUT2D eigenvalue weighted by Gasteiger charge is -2.37. The number of hydrogen-bond donors (Lipinski definition) is 0. The first-order valence-corrected chi connectivity index (χ1v) is 11.7. The van der Waals surface area contributed by atoms with Gasteiger partial charge in [-0.3, -0.25) is 4.90 Å². The van der Waals surface area contributed by atoms with Crippen LogP contribution in [0.15, 0.2) is 12.1 Å². The fraction of sp³-hybridized carbons (Fsp3) is 0.739. The Bertz CT molecular complexity index is 766. The van der Waals surface area contributed by atoms with Gasteiger partial charge < -0.3 is 24.0 Å². The van der Waals surface area contributed by atoms with Gasteiger partial charge in [0.25, 0.3) is 0 Å². The standard InChI is InChI=1S/C23H37N5O5/c1-23(2,3)33-22(30)28-11-8-18(9-12-28)7-10-26-13-15-27(16-14-26)19-5-6-20(25-24-19)32-17-21(29)31-4/h5-6,18H,7-17H2,1-4H3. The number of rotatable bonds is 7. The molecule has 0 N–H and O–H groups in total. The monoisotopic (exact) mass is 463 g/mol. The van der Waals surface area contributed by atoms with E-state index in [0.29, 0.717) is 11.8 Å². The van der Waals surface area contributed by atoms with Crippen LogP contribution in [0.2, 0.25) is 0 Å². The fourth-order valence-corrected chi connectivity index (χ4v) is 4.05. The second-order valence-electron chi connectivity index (χ2n) is 9.62. The van der Waals surface area contributed by atoms with E-state index < -0.39 is 11.6 Å². The van der Waals surface area contributed by atoms with Crippen molar-refractivity contribution in [1.29, 1.82) is 0 Å². The van der Waals surface area contributed by atoms with E-state index >= 15 is 0 Å². The highest BCUT2D eigenvalue weighted by Gasteiger charge is 2.27. The zero-order valence-corrected chi connectivity index (χ0v) is 20.3. The molecule has 2 aliphatic rings.